The summed E-state index contributed by atoms with van der Waals surface area (Å²) in [6.07, 6.45) is 3.17. The van der Waals surface area contributed by atoms with E-state index in [2.05, 4.69) is 50.4 Å². The molecule has 28 heavy (non-hydrogen) atoms. The van der Waals surface area contributed by atoms with Crippen molar-refractivity contribution in [2.24, 2.45) is 5.92 Å². The van der Waals surface area contributed by atoms with Crippen molar-refractivity contribution in [1.29, 1.82) is 0 Å². The summed E-state index contributed by atoms with van der Waals surface area (Å²) < 4.78 is 5.31. The summed E-state index contributed by atoms with van der Waals surface area (Å²) in [4.78, 5) is 14.5. The number of amides is 2. The number of piperidine rings is 1. The number of rotatable bonds is 4. The summed E-state index contributed by atoms with van der Waals surface area (Å²) in [6.45, 7) is 8.33. The monoisotopic (exact) mass is 380 g/mol. The van der Waals surface area contributed by atoms with Crippen molar-refractivity contribution in [1.82, 2.24) is 4.90 Å². The summed E-state index contributed by atoms with van der Waals surface area (Å²) in [5, 5.41) is 2.98. The standard InChI is InChI=1S/C24H32N2O2/c1-24(2,3)20-11-9-18(10-12-20)17-19-13-15-26(16-14-19)23(27)25-21-7-5-6-8-22(21)28-4/h5-12,19H,13-17H2,1-4H3,(H,25,27). The molecule has 2 aromatic carbocycles. The molecular weight excluding hydrogens is 348 g/mol. The van der Waals surface area contributed by atoms with Crippen molar-refractivity contribution in [3.63, 3.8) is 0 Å². The van der Waals surface area contributed by atoms with E-state index < -0.39 is 0 Å². The lowest BCUT2D eigenvalue weighted by Gasteiger charge is -2.32. The minimum absolute atomic E-state index is 0.0440. The fraction of sp³-hybridized carbons (Fsp3) is 0.458. The van der Waals surface area contributed by atoms with E-state index in [-0.39, 0.29) is 11.4 Å². The number of nitrogens with one attached hydrogen (secondary N) is 1. The predicted octanol–water partition coefficient (Wildman–Crippen LogP) is 5.48. The second-order valence-electron chi connectivity index (χ2n) is 8.71. The first kappa shape index (κ1) is 20.2. The summed E-state index contributed by atoms with van der Waals surface area (Å²) in [7, 11) is 1.62. The van der Waals surface area contributed by atoms with Crippen molar-refractivity contribution in [2.75, 3.05) is 25.5 Å². The molecule has 150 valence electrons. The Morgan fingerprint density at radius 2 is 1.71 bits per heavy atom. The lowest BCUT2D eigenvalue weighted by Crippen LogP contribution is -2.41. The Hall–Kier alpha value is -2.49. The molecule has 4 heteroatoms. The summed E-state index contributed by atoms with van der Waals surface area (Å²) in [5.74, 6) is 1.32. The van der Waals surface area contributed by atoms with Gasteiger partial charge in [-0.15, -0.1) is 0 Å². The number of methoxy groups -OCH3 is 1. The molecule has 1 N–H and O–H groups in total. The minimum Gasteiger partial charge on any atom is -0.495 e. The van der Waals surface area contributed by atoms with Gasteiger partial charge in [-0.1, -0.05) is 57.2 Å². The predicted molar refractivity (Wildman–Crippen MR) is 115 cm³/mol. The van der Waals surface area contributed by atoms with Gasteiger partial charge in [0, 0.05) is 13.1 Å². The first-order valence-corrected chi connectivity index (χ1v) is 10.1. The molecular formula is C24H32N2O2. The van der Waals surface area contributed by atoms with Crippen molar-refractivity contribution in [2.45, 2.75) is 45.4 Å². The Morgan fingerprint density at radius 1 is 1.07 bits per heavy atom. The molecule has 0 unspecified atom stereocenters. The molecule has 4 nitrogen and oxygen atoms in total. The number of para-hydroxylation sites is 2. The average molecular weight is 381 g/mol. The molecule has 2 aromatic rings. The van der Waals surface area contributed by atoms with Gasteiger partial charge in [0.25, 0.3) is 0 Å². The number of anilines is 1. The van der Waals surface area contributed by atoms with E-state index >= 15 is 0 Å². The third kappa shape index (κ3) is 5.06. The highest BCUT2D eigenvalue weighted by Gasteiger charge is 2.23. The number of benzene rings is 2. The molecule has 1 aliphatic rings. The molecule has 1 aliphatic heterocycles. The van der Waals surface area contributed by atoms with E-state index in [9.17, 15) is 4.79 Å². The summed E-state index contributed by atoms with van der Waals surface area (Å²) in [5.41, 5.74) is 3.68. The van der Waals surface area contributed by atoms with Crippen LogP contribution >= 0.6 is 0 Å². The average Bonchev–Trinajstić information content (AvgIpc) is 2.68. The Balaban J connectivity index is 1.51. The molecule has 1 heterocycles. The largest absolute Gasteiger partial charge is 0.495 e. The van der Waals surface area contributed by atoms with Crippen LogP contribution in [0.1, 0.15) is 44.7 Å². The molecule has 0 aliphatic carbocycles. The van der Waals surface area contributed by atoms with Gasteiger partial charge in [-0.25, -0.2) is 4.79 Å². The second-order valence-corrected chi connectivity index (χ2v) is 8.71. The van der Waals surface area contributed by atoms with Gasteiger partial charge in [0.2, 0.25) is 0 Å². The molecule has 0 bridgehead atoms. The number of hydrogen-bond acceptors (Lipinski definition) is 2. The Bertz CT molecular complexity index is 785. The Morgan fingerprint density at radius 3 is 2.32 bits per heavy atom. The highest BCUT2D eigenvalue weighted by Crippen LogP contribution is 2.27. The maximum absolute atomic E-state index is 12.6. The lowest BCUT2D eigenvalue weighted by atomic mass is 9.85. The fourth-order valence-corrected chi connectivity index (χ4v) is 3.76. The first-order chi connectivity index (χ1) is 13.4. The van der Waals surface area contributed by atoms with Crippen LogP contribution < -0.4 is 10.1 Å². The van der Waals surface area contributed by atoms with Crippen molar-refractivity contribution in [3.8, 4) is 5.75 Å². The van der Waals surface area contributed by atoms with Crippen LogP contribution in [0.3, 0.4) is 0 Å². The van der Waals surface area contributed by atoms with E-state index in [4.69, 9.17) is 4.74 Å². The molecule has 1 saturated heterocycles. The highest BCUT2D eigenvalue weighted by molar-refractivity contribution is 5.91. The van der Waals surface area contributed by atoms with Gasteiger partial charge in [0.15, 0.2) is 0 Å². The molecule has 1 fully saturated rings. The van der Waals surface area contributed by atoms with Gasteiger partial charge >= 0.3 is 6.03 Å². The molecule has 0 radical (unpaired) electrons. The third-order valence-corrected chi connectivity index (χ3v) is 5.59. The van der Waals surface area contributed by atoms with Gasteiger partial charge in [0.05, 0.1) is 12.8 Å². The topological polar surface area (TPSA) is 41.6 Å². The first-order valence-electron chi connectivity index (χ1n) is 10.1. The zero-order valence-electron chi connectivity index (χ0n) is 17.5. The number of likely N-dealkylation sites (tertiary alicyclic amines) is 1. The van der Waals surface area contributed by atoms with Crippen LogP contribution in [0, 0.1) is 5.92 Å². The third-order valence-electron chi connectivity index (χ3n) is 5.59. The van der Waals surface area contributed by atoms with E-state index in [1.807, 2.05) is 29.2 Å². The highest BCUT2D eigenvalue weighted by atomic mass is 16.5. The van der Waals surface area contributed by atoms with Crippen molar-refractivity contribution >= 4 is 11.7 Å². The van der Waals surface area contributed by atoms with E-state index in [1.54, 1.807) is 7.11 Å². The number of carbonyl (C=O) groups is 1. The Labute approximate surface area is 168 Å². The summed E-state index contributed by atoms with van der Waals surface area (Å²) >= 11 is 0. The van der Waals surface area contributed by atoms with Crippen LogP contribution in [0.25, 0.3) is 0 Å². The number of hydrogen-bond donors (Lipinski definition) is 1. The van der Waals surface area contributed by atoms with E-state index in [0.717, 1.165) is 38.0 Å². The number of nitrogens with zero attached hydrogens (tertiary/aromatic N) is 1. The fourth-order valence-electron chi connectivity index (χ4n) is 3.76. The van der Waals surface area contributed by atoms with Crippen LogP contribution in [0.4, 0.5) is 10.5 Å². The molecule has 0 atom stereocenters. The molecule has 3 rings (SSSR count). The maximum atomic E-state index is 12.6. The van der Waals surface area contributed by atoms with Gasteiger partial charge in [-0.3, -0.25) is 0 Å². The zero-order chi connectivity index (χ0) is 20.1. The number of urea groups is 1. The lowest BCUT2D eigenvalue weighted by molar-refractivity contribution is 0.182. The van der Waals surface area contributed by atoms with Crippen molar-refractivity contribution < 1.29 is 9.53 Å². The smallest absolute Gasteiger partial charge is 0.321 e. The zero-order valence-corrected chi connectivity index (χ0v) is 17.5. The van der Waals surface area contributed by atoms with Gasteiger partial charge in [-0.2, -0.15) is 0 Å². The molecule has 0 aromatic heterocycles. The second kappa shape index (κ2) is 8.68. The maximum Gasteiger partial charge on any atom is 0.321 e. The van der Waals surface area contributed by atoms with Crippen LogP contribution in [0.5, 0.6) is 5.75 Å². The Kier molecular flexibility index (Phi) is 6.28. The van der Waals surface area contributed by atoms with Gasteiger partial charge in [0.1, 0.15) is 5.75 Å². The van der Waals surface area contributed by atoms with Crippen LogP contribution in [0.2, 0.25) is 0 Å². The molecule has 0 saturated carbocycles. The van der Waals surface area contributed by atoms with Crippen molar-refractivity contribution in [3.05, 3.63) is 59.7 Å². The van der Waals surface area contributed by atoms with Crippen LogP contribution in [-0.2, 0) is 11.8 Å². The van der Waals surface area contributed by atoms with Crippen LogP contribution in [0.15, 0.2) is 48.5 Å². The van der Waals surface area contributed by atoms with E-state index in [0.29, 0.717) is 11.7 Å². The summed E-state index contributed by atoms with van der Waals surface area (Å²) in [6, 6.07) is 16.5. The van der Waals surface area contributed by atoms with E-state index in [1.165, 1.54) is 11.1 Å². The minimum atomic E-state index is -0.0440. The quantitative estimate of drug-likeness (QED) is 0.763. The molecule has 2 amide bonds. The van der Waals surface area contributed by atoms with Crippen LogP contribution in [-0.4, -0.2) is 31.1 Å². The molecule has 0 spiro atoms. The number of ether oxygens (including phenoxy) is 1. The normalized spacial score (nSPS) is 15.4. The number of carbonyl (C=O) groups excluding carboxylic acids is 1. The van der Waals surface area contributed by atoms with Gasteiger partial charge in [-0.05, 0) is 53.9 Å². The SMILES string of the molecule is COc1ccccc1NC(=O)N1CCC(Cc2ccc(C(C)(C)C)cc2)CC1. The van der Waals surface area contributed by atoms with Gasteiger partial charge < -0.3 is 15.0 Å².